The van der Waals surface area contributed by atoms with Gasteiger partial charge < -0.3 is 20.4 Å². The monoisotopic (exact) mass is 583 g/mol. The highest BCUT2D eigenvalue weighted by Crippen LogP contribution is 2.52. The lowest BCUT2D eigenvalue weighted by atomic mass is 9.72. The summed E-state index contributed by atoms with van der Waals surface area (Å²) >= 11 is 0. The number of amides is 1. The Morgan fingerprint density at radius 2 is 1.64 bits per heavy atom. The number of unbranched alkanes of at least 4 members (excludes halogenated alkanes) is 1. The van der Waals surface area contributed by atoms with Gasteiger partial charge in [0.1, 0.15) is 6.23 Å². The van der Waals surface area contributed by atoms with E-state index in [9.17, 15) is 28.2 Å². The van der Waals surface area contributed by atoms with Crippen LogP contribution in [0.5, 0.6) is 0 Å². The van der Waals surface area contributed by atoms with E-state index in [1.54, 1.807) is 12.2 Å². The summed E-state index contributed by atoms with van der Waals surface area (Å²) in [7, 11) is 0. The molecule has 0 bridgehead atoms. The average Bonchev–Trinajstić information content (AvgIpc) is 3.25. The van der Waals surface area contributed by atoms with E-state index in [0.717, 1.165) is 67.6 Å². The van der Waals surface area contributed by atoms with Crippen LogP contribution in [0.4, 0.5) is 13.2 Å². The number of piperidine rings is 1. The molecule has 0 radical (unpaired) electrons. The smallest absolute Gasteiger partial charge is 0.401 e. The van der Waals surface area contributed by atoms with Crippen LogP contribution in [0.3, 0.4) is 0 Å². The highest BCUT2D eigenvalue weighted by Gasteiger charge is 2.48. The van der Waals surface area contributed by atoms with Crippen LogP contribution in [-0.4, -0.2) is 65.6 Å². The molecule has 6 nitrogen and oxygen atoms in total. The Labute approximate surface area is 245 Å². The van der Waals surface area contributed by atoms with Crippen molar-refractivity contribution in [2.75, 3.05) is 26.2 Å². The molecule has 4 N–H and O–H groups in total. The molecule has 3 aliphatic rings. The molecule has 226 valence electrons. The number of halogens is 3. The number of allylic oxidation sites excluding steroid dienone is 3. The molecule has 9 heteroatoms. The van der Waals surface area contributed by atoms with Gasteiger partial charge in [0.2, 0.25) is 5.91 Å². The largest absolute Gasteiger partial charge is 0.512 e. The molecule has 2 aromatic carbocycles. The Morgan fingerprint density at radius 1 is 1.02 bits per heavy atom. The second-order valence-corrected chi connectivity index (χ2v) is 11.9. The minimum atomic E-state index is -4.43. The molecular weight excluding hydrogens is 543 g/mol. The van der Waals surface area contributed by atoms with E-state index in [1.807, 2.05) is 55.5 Å². The minimum Gasteiger partial charge on any atom is -0.512 e. The van der Waals surface area contributed by atoms with Gasteiger partial charge in [-0.15, -0.1) is 0 Å². The normalized spacial score (nSPS) is 21.2. The first-order valence-electron chi connectivity index (χ1n) is 14.9. The summed E-state index contributed by atoms with van der Waals surface area (Å²) in [5, 5.41) is 26.6. The zero-order chi connectivity index (χ0) is 29.9. The predicted molar refractivity (Wildman–Crippen MR) is 157 cm³/mol. The summed E-state index contributed by atoms with van der Waals surface area (Å²) in [6.07, 6.45) is 1.72. The maximum Gasteiger partial charge on any atom is 0.401 e. The van der Waals surface area contributed by atoms with Crippen LogP contribution in [0.25, 0.3) is 11.1 Å². The van der Waals surface area contributed by atoms with Gasteiger partial charge in [0, 0.05) is 31.1 Å². The van der Waals surface area contributed by atoms with Crippen molar-refractivity contribution in [3.63, 3.8) is 0 Å². The number of alkyl halides is 3. The second-order valence-electron chi connectivity index (χ2n) is 11.9. The fourth-order valence-corrected chi connectivity index (χ4v) is 6.90. The number of likely N-dealkylation sites (tertiary alicyclic amines) is 1. The van der Waals surface area contributed by atoms with Crippen LogP contribution in [-0.2, 0) is 10.2 Å². The van der Waals surface area contributed by atoms with E-state index in [2.05, 4.69) is 15.5 Å². The number of benzene rings is 2. The standard InChI is InChI=1S/C33H40F3N3O3/c1-22-20-24(40)12-13-25(22)30(41)38-23-14-18-39(19-15-23)17-7-6-16-32(31(42)37-21-33(34,35)36)28-10-4-2-8-26(28)27-9-3-5-11-29(27)32/h2-5,8-13,22-23,31,37,40,42H,6-7,14-21H2,1H3,(H,38,41). The van der Waals surface area contributed by atoms with Gasteiger partial charge in [-0.1, -0.05) is 61.9 Å². The molecular formula is C33H40F3N3O3. The van der Waals surface area contributed by atoms with Crippen molar-refractivity contribution < 1.29 is 28.2 Å². The molecule has 1 heterocycles. The van der Waals surface area contributed by atoms with Gasteiger partial charge in [0.25, 0.3) is 0 Å². The van der Waals surface area contributed by atoms with E-state index in [0.29, 0.717) is 24.2 Å². The Balaban J connectivity index is 1.19. The first-order chi connectivity index (χ1) is 20.1. The van der Waals surface area contributed by atoms with E-state index in [1.165, 1.54) is 0 Å². The molecule has 5 rings (SSSR count). The minimum absolute atomic E-state index is 0.0145. The van der Waals surface area contributed by atoms with Gasteiger partial charge in [-0.05, 0) is 72.6 Å². The van der Waals surface area contributed by atoms with Crippen LogP contribution in [0, 0.1) is 5.92 Å². The lowest BCUT2D eigenvalue weighted by Crippen LogP contribution is -2.51. The molecule has 2 aromatic rings. The Kier molecular flexibility index (Phi) is 9.11. The van der Waals surface area contributed by atoms with Gasteiger partial charge in [0.15, 0.2) is 0 Å². The van der Waals surface area contributed by atoms with Crippen molar-refractivity contribution in [2.45, 2.75) is 69.3 Å². The molecule has 1 saturated heterocycles. The van der Waals surface area contributed by atoms with Crippen molar-refractivity contribution >= 4 is 5.91 Å². The Morgan fingerprint density at radius 3 is 2.24 bits per heavy atom. The number of rotatable bonds is 10. The number of nitrogens with zero attached hydrogens (tertiary/aromatic N) is 1. The lowest BCUT2D eigenvalue weighted by Gasteiger charge is -2.38. The molecule has 1 aliphatic heterocycles. The highest BCUT2D eigenvalue weighted by atomic mass is 19.4. The molecule has 1 amide bonds. The summed E-state index contributed by atoms with van der Waals surface area (Å²) in [6, 6.07) is 15.5. The number of fused-ring (bicyclic) bond motifs is 3. The fraction of sp³-hybridized carbons (Fsp3) is 0.485. The number of aliphatic hydroxyl groups excluding tert-OH is 2. The molecule has 2 aliphatic carbocycles. The van der Waals surface area contributed by atoms with Gasteiger partial charge in [-0.25, -0.2) is 0 Å². The van der Waals surface area contributed by atoms with Crippen LogP contribution in [0.2, 0.25) is 0 Å². The molecule has 2 unspecified atom stereocenters. The third-order valence-corrected chi connectivity index (χ3v) is 9.05. The van der Waals surface area contributed by atoms with Crippen molar-refractivity contribution in [2.24, 2.45) is 5.92 Å². The van der Waals surface area contributed by atoms with E-state index in [-0.39, 0.29) is 17.9 Å². The number of carbonyl (C=O) groups excluding carboxylic acids is 1. The Hall–Kier alpha value is -3.14. The maximum absolute atomic E-state index is 13.1. The summed E-state index contributed by atoms with van der Waals surface area (Å²) < 4.78 is 39.4. The van der Waals surface area contributed by atoms with Crippen LogP contribution >= 0.6 is 0 Å². The van der Waals surface area contributed by atoms with Crippen molar-refractivity contribution in [3.8, 4) is 11.1 Å². The molecule has 42 heavy (non-hydrogen) atoms. The van der Waals surface area contributed by atoms with Crippen molar-refractivity contribution in [3.05, 3.63) is 83.1 Å². The van der Waals surface area contributed by atoms with E-state index in [4.69, 9.17) is 0 Å². The summed E-state index contributed by atoms with van der Waals surface area (Å²) in [4.78, 5) is 15.1. The zero-order valence-electron chi connectivity index (χ0n) is 24.0. The molecule has 1 fully saturated rings. The average molecular weight is 584 g/mol. The quantitative estimate of drug-likeness (QED) is 0.217. The topological polar surface area (TPSA) is 84.8 Å². The maximum atomic E-state index is 13.1. The van der Waals surface area contributed by atoms with Gasteiger partial charge >= 0.3 is 6.18 Å². The predicted octanol–water partition coefficient (Wildman–Crippen LogP) is 5.58. The lowest BCUT2D eigenvalue weighted by molar-refractivity contribution is -0.133. The summed E-state index contributed by atoms with van der Waals surface area (Å²) in [5.41, 5.74) is 3.35. The summed E-state index contributed by atoms with van der Waals surface area (Å²) in [6.45, 7) is 3.23. The number of hydrogen-bond acceptors (Lipinski definition) is 5. The third-order valence-electron chi connectivity index (χ3n) is 9.05. The number of carbonyl (C=O) groups is 1. The number of aliphatic hydroxyl groups is 2. The number of hydrogen-bond donors (Lipinski definition) is 4. The van der Waals surface area contributed by atoms with E-state index >= 15 is 0 Å². The van der Waals surface area contributed by atoms with Crippen molar-refractivity contribution in [1.29, 1.82) is 0 Å². The molecule has 0 aromatic heterocycles. The third kappa shape index (κ3) is 6.43. The first-order valence-corrected chi connectivity index (χ1v) is 14.9. The molecule has 0 spiro atoms. The number of nitrogens with one attached hydrogen (secondary N) is 2. The van der Waals surface area contributed by atoms with Gasteiger partial charge in [-0.3, -0.25) is 10.1 Å². The van der Waals surface area contributed by atoms with E-state index < -0.39 is 24.4 Å². The SMILES string of the molecule is CC1CC(O)=CC=C1C(=O)NC1CCN(CCCCC2(C(O)NCC(F)(F)F)c3ccccc3-c3ccccc32)CC1. The molecule has 2 atom stereocenters. The second kappa shape index (κ2) is 12.6. The van der Waals surface area contributed by atoms with Crippen LogP contribution in [0.15, 0.2) is 72.0 Å². The van der Waals surface area contributed by atoms with Crippen LogP contribution < -0.4 is 10.6 Å². The van der Waals surface area contributed by atoms with Crippen molar-refractivity contribution in [1.82, 2.24) is 15.5 Å². The Bertz CT molecular complexity index is 1290. The van der Waals surface area contributed by atoms with Gasteiger partial charge in [0.05, 0.1) is 17.7 Å². The fourth-order valence-electron chi connectivity index (χ4n) is 6.90. The van der Waals surface area contributed by atoms with Crippen LogP contribution in [0.1, 0.15) is 56.6 Å². The molecule has 0 saturated carbocycles. The first kappa shape index (κ1) is 30.3. The summed E-state index contributed by atoms with van der Waals surface area (Å²) in [5.74, 6) is 0.218. The zero-order valence-corrected chi connectivity index (χ0v) is 24.0. The van der Waals surface area contributed by atoms with Gasteiger partial charge in [-0.2, -0.15) is 13.2 Å². The highest BCUT2D eigenvalue weighted by molar-refractivity contribution is 5.94.